The van der Waals surface area contributed by atoms with E-state index in [1.807, 2.05) is 18.7 Å². The number of hydrogen-bond acceptors (Lipinski definition) is 2. The monoisotopic (exact) mass is 270 g/mol. The molecule has 0 spiro atoms. The van der Waals surface area contributed by atoms with Crippen molar-refractivity contribution in [1.29, 1.82) is 0 Å². The van der Waals surface area contributed by atoms with E-state index in [0.29, 0.717) is 25.4 Å². The van der Waals surface area contributed by atoms with Gasteiger partial charge in [0.25, 0.3) is 0 Å². The van der Waals surface area contributed by atoms with Crippen LogP contribution in [0, 0.1) is 11.8 Å². The molecule has 19 heavy (non-hydrogen) atoms. The van der Waals surface area contributed by atoms with Crippen molar-refractivity contribution in [2.75, 3.05) is 19.6 Å². The Balaban J connectivity index is 2.68. The number of aliphatic carboxylic acids is 1. The van der Waals surface area contributed by atoms with E-state index in [1.165, 1.54) is 0 Å². The molecular weight excluding hydrogens is 244 g/mol. The van der Waals surface area contributed by atoms with Gasteiger partial charge < -0.3 is 14.9 Å². The van der Waals surface area contributed by atoms with Crippen molar-refractivity contribution in [3.05, 3.63) is 0 Å². The SMILES string of the molecule is CCC(C)CN(CC)C(=O)N1CCC(C(=O)O)C1C. The first-order valence-electron chi connectivity index (χ1n) is 7.20. The van der Waals surface area contributed by atoms with Crippen molar-refractivity contribution in [2.45, 2.75) is 46.6 Å². The summed E-state index contributed by atoms with van der Waals surface area (Å²) in [7, 11) is 0. The van der Waals surface area contributed by atoms with Crippen molar-refractivity contribution >= 4 is 12.0 Å². The summed E-state index contributed by atoms with van der Waals surface area (Å²) in [5, 5.41) is 9.11. The lowest BCUT2D eigenvalue weighted by atomic mass is 10.0. The van der Waals surface area contributed by atoms with Crippen LogP contribution >= 0.6 is 0 Å². The molecule has 1 N–H and O–H groups in total. The van der Waals surface area contributed by atoms with Crippen LogP contribution in [0.5, 0.6) is 0 Å². The molecule has 0 aromatic heterocycles. The second kappa shape index (κ2) is 6.78. The average Bonchev–Trinajstić information content (AvgIpc) is 2.76. The number of nitrogens with zero attached hydrogens (tertiary/aromatic N) is 2. The van der Waals surface area contributed by atoms with E-state index < -0.39 is 11.9 Å². The van der Waals surface area contributed by atoms with Gasteiger partial charge in [-0.25, -0.2) is 4.79 Å². The summed E-state index contributed by atoms with van der Waals surface area (Å²) in [6.07, 6.45) is 1.60. The molecule has 5 nitrogen and oxygen atoms in total. The molecule has 3 atom stereocenters. The van der Waals surface area contributed by atoms with E-state index in [9.17, 15) is 9.59 Å². The fourth-order valence-corrected chi connectivity index (χ4v) is 2.57. The third-order valence-electron chi connectivity index (χ3n) is 4.20. The molecule has 0 aromatic carbocycles. The maximum absolute atomic E-state index is 12.5. The van der Waals surface area contributed by atoms with Crippen LogP contribution in [-0.2, 0) is 4.79 Å². The van der Waals surface area contributed by atoms with Gasteiger partial charge in [-0.2, -0.15) is 0 Å². The summed E-state index contributed by atoms with van der Waals surface area (Å²) in [5.74, 6) is -0.754. The first kappa shape index (κ1) is 15.8. The molecule has 1 heterocycles. The highest BCUT2D eigenvalue weighted by atomic mass is 16.4. The van der Waals surface area contributed by atoms with Crippen molar-refractivity contribution in [2.24, 2.45) is 11.8 Å². The molecule has 0 bridgehead atoms. The second-order valence-corrected chi connectivity index (χ2v) is 5.50. The minimum atomic E-state index is -0.798. The molecule has 5 heteroatoms. The minimum Gasteiger partial charge on any atom is -0.481 e. The third-order valence-corrected chi connectivity index (χ3v) is 4.20. The molecular formula is C14H26N2O3. The van der Waals surface area contributed by atoms with Gasteiger partial charge in [0.15, 0.2) is 0 Å². The molecule has 1 saturated heterocycles. The second-order valence-electron chi connectivity index (χ2n) is 5.50. The van der Waals surface area contributed by atoms with E-state index in [2.05, 4.69) is 13.8 Å². The smallest absolute Gasteiger partial charge is 0.320 e. The fourth-order valence-electron chi connectivity index (χ4n) is 2.57. The Labute approximate surface area is 115 Å². The number of carboxylic acids is 1. The van der Waals surface area contributed by atoms with Gasteiger partial charge in [-0.3, -0.25) is 4.79 Å². The van der Waals surface area contributed by atoms with E-state index in [-0.39, 0.29) is 12.1 Å². The summed E-state index contributed by atoms with van der Waals surface area (Å²) in [4.78, 5) is 27.1. The van der Waals surface area contributed by atoms with Crippen LogP contribution in [0.3, 0.4) is 0 Å². The zero-order valence-electron chi connectivity index (χ0n) is 12.4. The molecule has 1 fully saturated rings. The number of carbonyl (C=O) groups is 2. The summed E-state index contributed by atoms with van der Waals surface area (Å²) in [6.45, 7) is 10.0. The molecule has 3 unspecified atom stereocenters. The number of likely N-dealkylation sites (tertiary alicyclic amines) is 1. The average molecular weight is 270 g/mol. The quantitative estimate of drug-likeness (QED) is 0.833. The first-order chi connectivity index (χ1) is 8.92. The third kappa shape index (κ3) is 3.61. The fraction of sp³-hybridized carbons (Fsp3) is 0.857. The van der Waals surface area contributed by atoms with Gasteiger partial charge in [0, 0.05) is 25.7 Å². The maximum atomic E-state index is 12.5. The number of carbonyl (C=O) groups excluding carboxylic acids is 1. The Morgan fingerprint density at radius 3 is 2.47 bits per heavy atom. The highest BCUT2D eigenvalue weighted by Gasteiger charge is 2.39. The van der Waals surface area contributed by atoms with Gasteiger partial charge in [-0.05, 0) is 26.2 Å². The highest BCUT2D eigenvalue weighted by Crippen LogP contribution is 2.25. The first-order valence-corrected chi connectivity index (χ1v) is 7.20. The Bertz CT molecular complexity index is 333. The van der Waals surface area contributed by atoms with E-state index in [4.69, 9.17) is 5.11 Å². The van der Waals surface area contributed by atoms with Crippen LogP contribution in [-0.4, -0.2) is 52.6 Å². The van der Waals surface area contributed by atoms with Crippen molar-refractivity contribution < 1.29 is 14.7 Å². The van der Waals surface area contributed by atoms with Gasteiger partial charge in [-0.1, -0.05) is 20.3 Å². The van der Waals surface area contributed by atoms with Crippen molar-refractivity contribution in [3.63, 3.8) is 0 Å². The lowest BCUT2D eigenvalue weighted by molar-refractivity contribution is -0.142. The Hall–Kier alpha value is -1.26. The van der Waals surface area contributed by atoms with Gasteiger partial charge in [0.05, 0.1) is 5.92 Å². The van der Waals surface area contributed by atoms with Gasteiger partial charge in [-0.15, -0.1) is 0 Å². The lowest BCUT2D eigenvalue weighted by Crippen LogP contribution is -2.47. The molecule has 0 aliphatic carbocycles. The zero-order valence-corrected chi connectivity index (χ0v) is 12.4. The van der Waals surface area contributed by atoms with Crippen LogP contribution in [0.1, 0.15) is 40.5 Å². The van der Waals surface area contributed by atoms with E-state index in [1.54, 1.807) is 4.90 Å². The summed E-state index contributed by atoms with van der Waals surface area (Å²) < 4.78 is 0. The Morgan fingerprint density at radius 1 is 1.42 bits per heavy atom. The topological polar surface area (TPSA) is 60.9 Å². The van der Waals surface area contributed by atoms with Crippen LogP contribution in [0.25, 0.3) is 0 Å². The number of carboxylic acid groups (broad SMARTS) is 1. The molecule has 1 rings (SSSR count). The minimum absolute atomic E-state index is 0.0148. The van der Waals surface area contributed by atoms with Crippen molar-refractivity contribution in [3.8, 4) is 0 Å². The maximum Gasteiger partial charge on any atom is 0.320 e. The van der Waals surface area contributed by atoms with Crippen LogP contribution in [0.4, 0.5) is 4.79 Å². The van der Waals surface area contributed by atoms with Crippen LogP contribution < -0.4 is 0 Å². The van der Waals surface area contributed by atoms with Gasteiger partial charge in [0.1, 0.15) is 0 Å². The summed E-state index contributed by atoms with van der Waals surface area (Å²) in [5.41, 5.74) is 0. The molecule has 0 saturated carbocycles. The highest BCUT2D eigenvalue weighted by molar-refractivity contribution is 5.78. The molecule has 0 aromatic rings. The number of hydrogen-bond donors (Lipinski definition) is 1. The molecule has 2 amide bonds. The zero-order chi connectivity index (χ0) is 14.6. The number of urea groups is 1. The summed E-state index contributed by atoms with van der Waals surface area (Å²) >= 11 is 0. The molecule has 1 aliphatic heterocycles. The standard InChI is InChI=1S/C14H26N2O3/c1-5-10(3)9-15(6-2)14(19)16-8-7-12(11(16)4)13(17)18/h10-12H,5-9H2,1-4H3,(H,17,18). The largest absolute Gasteiger partial charge is 0.481 e. The predicted octanol–water partition coefficient (Wildman–Crippen LogP) is 2.27. The molecule has 110 valence electrons. The Morgan fingerprint density at radius 2 is 2.05 bits per heavy atom. The van der Waals surface area contributed by atoms with Gasteiger partial charge >= 0.3 is 12.0 Å². The van der Waals surface area contributed by atoms with Gasteiger partial charge in [0.2, 0.25) is 0 Å². The van der Waals surface area contributed by atoms with Crippen LogP contribution in [0.15, 0.2) is 0 Å². The molecule has 1 aliphatic rings. The van der Waals surface area contributed by atoms with E-state index in [0.717, 1.165) is 13.0 Å². The molecule has 0 radical (unpaired) electrons. The predicted molar refractivity (Wildman–Crippen MR) is 74.0 cm³/mol. The Kier molecular flexibility index (Phi) is 5.63. The number of amides is 2. The van der Waals surface area contributed by atoms with Crippen LogP contribution in [0.2, 0.25) is 0 Å². The number of rotatable bonds is 5. The van der Waals surface area contributed by atoms with E-state index >= 15 is 0 Å². The van der Waals surface area contributed by atoms with Crippen molar-refractivity contribution in [1.82, 2.24) is 9.80 Å². The lowest BCUT2D eigenvalue weighted by Gasteiger charge is -2.32. The normalized spacial score (nSPS) is 24.3. The summed E-state index contributed by atoms with van der Waals surface area (Å²) in [6, 6.07) is -0.227.